The zero-order chi connectivity index (χ0) is 20.8. The average molecular weight is 406 g/mol. The van der Waals surface area contributed by atoms with Crippen LogP contribution in [0.3, 0.4) is 0 Å². The summed E-state index contributed by atoms with van der Waals surface area (Å²) in [5, 5.41) is 3.03. The Labute approximate surface area is 167 Å². The topological polar surface area (TPSA) is 75.7 Å². The second kappa shape index (κ2) is 9.45. The zero-order valence-corrected chi connectivity index (χ0v) is 17.1. The van der Waals surface area contributed by atoms with Gasteiger partial charge in [0.15, 0.2) is 6.61 Å². The molecule has 2 aromatic rings. The molecule has 1 heterocycles. The molecule has 0 spiro atoms. The Hall–Kier alpha value is -2.74. The molecule has 8 heteroatoms. The van der Waals surface area contributed by atoms with Crippen LogP contribution >= 0.6 is 11.3 Å². The van der Waals surface area contributed by atoms with Crippen LogP contribution < -0.4 is 5.32 Å². The number of hydrogen-bond acceptors (Lipinski definition) is 5. The second-order valence-corrected chi connectivity index (χ2v) is 7.51. The van der Waals surface area contributed by atoms with Crippen molar-refractivity contribution in [3.05, 3.63) is 51.7 Å². The lowest BCUT2D eigenvalue weighted by atomic mass is 10.1. The van der Waals surface area contributed by atoms with Crippen LogP contribution in [0.1, 0.15) is 40.2 Å². The average Bonchev–Trinajstić information content (AvgIpc) is 2.90. The molecule has 0 aliphatic heterocycles. The molecule has 0 atom stereocenters. The maximum absolute atomic E-state index is 13.3. The number of rotatable bonds is 7. The summed E-state index contributed by atoms with van der Waals surface area (Å²) < 4.78 is 18.5. The predicted molar refractivity (Wildman–Crippen MR) is 106 cm³/mol. The van der Waals surface area contributed by atoms with E-state index in [1.54, 1.807) is 26.0 Å². The lowest BCUT2D eigenvalue weighted by Crippen LogP contribution is -2.34. The zero-order valence-electron chi connectivity index (χ0n) is 16.3. The van der Waals surface area contributed by atoms with Crippen molar-refractivity contribution in [2.75, 3.05) is 18.5 Å². The molecule has 2 rings (SSSR count). The lowest BCUT2D eigenvalue weighted by Gasteiger charge is -2.21. The quantitative estimate of drug-likeness (QED) is 0.712. The first-order valence-electron chi connectivity index (χ1n) is 8.79. The summed E-state index contributed by atoms with van der Waals surface area (Å²) in [6.07, 6.45) is 0. The van der Waals surface area contributed by atoms with Gasteiger partial charge in [-0.25, -0.2) is 9.18 Å². The Morgan fingerprint density at radius 1 is 1.25 bits per heavy atom. The van der Waals surface area contributed by atoms with E-state index in [4.69, 9.17) is 4.74 Å². The lowest BCUT2D eigenvalue weighted by molar-refractivity contribution is -0.135. The van der Waals surface area contributed by atoms with E-state index >= 15 is 0 Å². The normalized spacial score (nSPS) is 10.5. The number of amides is 2. The number of ether oxygens (including phenoxy) is 1. The van der Waals surface area contributed by atoms with Gasteiger partial charge in [-0.3, -0.25) is 9.59 Å². The van der Waals surface area contributed by atoms with Gasteiger partial charge in [-0.1, -0.05) is 12.1 Å². The van der Waals surface area contributed by atoms with Crippen molar-refractivity contribution < 1.29 is 23.5 Å². The number of aryl methyl sites for hydroxylation is 1. The molecule has 150 valence electrons. The van der Waals surface area contributed by atoms with Gasteiger partial charge in [-0.05, 0) is 44.0 Å². The summed E-state index contributed by atoms with van der Waals surface area (Å²) in [6, 6.07) is 6.00. The number of likely N-dealkylation sites (N-methyl/N-ethyl adjacent to an activating group) is 1. The first kappa shape index (κ1) is 21.6. The highest BCUT2D eigenvalue weighted by Gasteiger charge is 2.23. The van der Waals surface area contributed by atoms with Gasteiger partial charge >= 0.3 is 5.97 Å². The summed E-state index contributed by atoms with van der Waals surface area (Å²) >= 11 is 1.28. The van der Waals surface area contributed by atoms with Crippen LogP contribution in [0.2, 0.25) is 0 Å². The largest absolute Gasteiger partial charge is 0.452 e. The Morgan fingerprint density at radius 3 is 2.57 bits per heavy atom. The van der Waals surface area contributed by atoms with Gasteiger partial charge in [0, 0.05) is 24.9 Å². The minimum atomic E-state index is -0.666. The third kappa shape index (κ3) is 5.39. The predicted octanol–water partition coefficient (Wildman–Crippen LogP) is 3.67. The van der Waals surface area contributed by atoms with Crippen molar-refractivity contribution in [3.63, 3.8) is 0 Å². The van der Waals surface area contributed by atoms with Crippen molar-refractivity contribution in [2.24, 2.45) is 0 Å². The standard InChI is InChI=1S/C20H23FN2O4S/c1-5-23(10-15-7-6-8-16(21)9-15)17(25)11-27-20(26)18-12(2)13(3)28-19(18)22-14(4)24/h6-9H,5,10-11H2,1-4H3,(H,22,24). The van der Waals surface area contributed by atoms with Crippen LogP contribution in [0.15, 0.2) is 24.3 Å². The Balaban J connectivity index is 2.05. The van der Waals surface area contributed by atoms with E-state index in [1.165, 1.54) is 35.3 Å². The Bertz CT molecular complexity index is 894. The minimum absolute atomic E-state index is 0.221. The first-order chi connectivity index (χ1) is 13.2. The molecule has 0 saturated carbocycles. The molecule has 2 amide bonds. The summed E-state index contributed by atoms with van der Waals surface area (Å²) in [6.45, 7) is 6.92. The number of thiophene rings is 1. The van der Waals surface area contributed by atoms with Gasteiger partial charge < -0.3 is 15.0 Å². The number of benzene rings is 1. The highest BCUT2D eigenvalue weighted by atomic mass is 32.1. The number of esters is 1. The van der Waals surface area contributed by atoms with Crippen molar-refractivity contribution in [1.82, 2.24) is 4.90 Å². The summed E-state index contributed by atoms with van der Waals surface area (Å²) in [4.78, 5) is 38.7. The van der Waals surface area contributed by atoms with E-state index in [0.717, 1.165) is 4.88 Å². The van der Waals surface area contributed by atoms with Crippen LogP contribution in [-0.4, -0.2) is 35.8 Å². The van der Waals surface area contributed by atoms with E-state index in [-0.39, 0.29) is 29.7 Å². The number of nitrogens with zero attached hydrogens (tertiary/aromatic N) is 1. The highest BCUT2D eigenvalue weighted by molar-refractivity contribution is 7.16. The van der Waals surface area contributed by atoms with Gasteiger partial charge in [0.2, 0.25) is 5.91 Å². The minimum Gasteiger partial charge on any atom is -0.452 e. The maximum Gasteiger partial charge on any atom is 0.341 e. The molecular weight excluding hydrogens is 383 g/mol. The smallest absolute Gasteiger partial charge is 0.341 e. The van der Waals surface area contributed by atoms with Gasteiger partial charge in [0.1, 0.15) is 10.8 Å². The van der Waals surface area contributed by atoms with E-state index in [1.807, 2.05) is 6.92 Å². The first-order valence-corrected chi connectivity index (χ1v) is 9.61. The van der Waals surface area contributed by atoms with Gasteiger partial charge in [0.05, 0.1) is 5.56 Å². The molecular formula is C20H23FN2O4S. The van der Waals surface area contributed by atoms with Crippen LogP contribution in [0.5, 0.6) is 0 Å². The number of halogens is 1. The van der Waals surface area contributed by atoms with E-state index in [2.05, 4.69) is 5.32 Å². The van der Waals surface area contributed by atoms with E-state index in [0.29, 0.717) is 22.7 Å². The fraction of sp³-hybridized carbons (Fsp3) is 0.350. The molecule has 0 fully saturated rings. The highest BCUT2D eigenvalue weighted by Crippen LogP contribution is 2.33. The molecule has 0 unspecified atom stereocenters. The molecule has 1 N–H and O–H groups in total. The number of hydrogen-bond donors (Lipinski definition) is 1. The third-order valence-corrected chi connectivity index (χ3v) is 5.33. The van der Waals surface area contributed by atoms with Crippen molar-refractivity contribution in [2.45, 2.75) is 34.2 Å². The van der Waals surface area contributed by atoms with Gasteiger partial charge in [-0.15, -0.1) is 11.3 Å². The Kier molecular flexibility index (Phi) is 7.28. The van der Waals surface area contributed by atoms with Crippen LogP contribution in [0.4, 0.5) is 9.39 Å². The number of carbonyl (C=O) groups excluding carboxylic acids is 3. The van der Waals surface area contributed by atoms with E-state index < -0.39 is 12.6 Å². The molecule has 0 saturated heterocycles. The van der Waals surface area contributed by atoms with Crippen molar-refractivity contribution in [1.29, 1.82) is 0 Å². The fourth-order valence-electron chi connectivity index (χ4n) is 2.64. The van der Waals surface area contributed by atoms with E-state index in [9.17, 15) is 18.8 Å². The molecule has 6 nitrogen and oxygen atoms in total. The molecule has 0 aliphatic rings. The summed E-state index contributed by atoms with van der Waals surface area (Å²) in [7, 11) is 0. The summed E-state index contributed by atoms with van der Waals surface area (Å²) in [5.74, 6) is -1.72. The third-order valence-electron chi connectivity index (χ3n) is 4.20. The Morgan fingerprint density at radius 2 is 1.96 bits per heavy atom. The van der Waals surface area contributed by atoms with Gasteiger partial charge in [0.25, 0.3) is 5.91 Å². The second-order valence-electron chi connectivity index (χ2n) is 6.28. The van der Waals surface area contributed by atoms with Crippen LogP contribution in [-0.2, 0) is 20.9 Å². The number of nitrogens with one attached hydrogen (secondary N) is 1. The molecule has 28 heavy (non-hydrogen) atoms. The fourth-order valence-corrected chi connectivity index (χ4v) is 3.74. The molecule has 0 aliphatic carbocycles. The maximum atomic E-state index is 13.3. The monoisotopic (exact) mass is 406 g/mol. The molecule has 1 aromatic carbocycles. The SMILES string of the molecule is CCN(Cc1cccc(F)c1)C(=O)COC(=O)c1c(NC(C)=O)sc(C)c1C. The number of anilines is 1. The number of carbonyl (C=O) groups is 3. The van der Waals surface area contributed by atoms with Crippen molar-refractivity contribution in [3.8, 4) is 0 Å². The molecule has 1 aromatic heterocycles. The molecule has 0 radical (unpaired) electrons. The molecule has 0 bridgehead atoms. The summed E-state index contributed by atoms with van der Waals surface area (Å²) in [5.41, 5.74) is 1.62. The van der Waals surface area contributed by atoms with Gasteiger partial charge in [-0.2, -0.15) is 0 Å². The van der Waals surface area contributed by atoms with Crippen LogP contribution in [0.25, 0.3) is 0 Å². The van der Waals surface area contributed by atoms with Crippen molar-refractivity contribution >= 4 is 34.1 Å². The van der Waals surface area contributed by atoms with Crippen LogP contribution in [0, 0.1) is 19.7 Å².